The molecule has 3 heteroatoms. The summed E-state index contributed by atoms with van der Waals surface area (Å²) in [6.07, 6.45) is -0.0201. The third-order valence-electron chi connectivity index (χ3n) is 3.04. The Kier molecular flexibility index (Phi) is 3.02. The number of ether oxygens (including phenoxy) is 1. The second kappa shape index (κ2) is 4.67. The largest absolute Gasteiger partial charge is 0.350 e. The van der Waals surface area contributed by atoms with Crippen molar-refractivity contribution >= 4 is 10.8 Å². The maximum absolute atomic E-state index is 12.3. The highest BCUT2D eigenvalue weighted by atomic mass is 32.2. The highest BCUT2D eigenvalue weighted by molar-refractivity contribution is 7.85. The lowest BCUT2D eigenvalue weighted by atomic mass is 10.2. The van der Waals surface area contributed by atoms with Crippen molar-refractivity contribution in [3.05, 3.63) is 65.7 Å². The zero-order chi connectivity index (χ0) is 12.5. The van der Waals surface area contributed by atoms with Crippen LogP contribution in [0.15, 0.2) is 59.5 Å². The molecule has 0 amide bonds. The highest BCUT2D eigenvalue weighted by Gasteiger charge is 2.45. The maximum atomic E-state index is 12.3. The smallest absolute Gasteiger partial charge is 0.168 e. The van der Waals surface area contributed by atoms with Gasteiger partial charge in [-0.2, -0.15) is 0 Å². The van der Waals surface area contributed by atoms with E-state index in [4.69, 9.17) is 4.74 Å². The summed E-state index contributed by atoms with van der Waals surface area (Å²) < 4.78 is 17.8. The third kappa shape index (κ3) is 2.24. The predicted octanol–water partition coefficient (Wildman–Crippen LogP) is 3.20. The van der Waals surface area contributed by atoms with Crippen molar-refractivity contribution < 1.29 is 8.95 Å². The molecule has 1 saturated heterocycles. The van der Waals surface area contributed by atoms with Gasteiger partial charge in [-0.05, 0) is 24.6 Å². The molecule has 0 radical (unpaired) electrons. The molecule has 0 spiro atoms. The topological polar surface area (TPSA) is 29.6 Å². The van der Waals surface area contributed by atoms with E-state index in [1.807, 2.05) is 61.5 Å². The first-order valence-electron chi connectivity index (χ1n) is 5.93. The van der Waals surface area contributed by atoms with Crippen LogP contribution in [0.5, 0.6) is 0 Å². The predicted molar refractivity (Wildman–Crippen MR) is 71.6 cm³/mol. The SMILES string of the molecule is Cc1ccc([S@@](=O)[C@@H]2O[C@@H]2c2ccccc2)cc1. The number of hydrogen-bond donors (Lipinski definition) is 0. The van der Waals surface area contributed by atoms with Crippen molar-refractivity contribution in [1.29, 1.82) is 0 Å². The Hall–Kier alpha value is -1.45. The van der Waals surface area contributed by atoms with Crippen LogP contribution < -0.4 is 0 Å². The Morgan fingerprint density at radius 3 is 2.33 bits per heavy atom. The average molecular weight is 258 g/mol. The Morgan fingerprint density at radius 1 is 1.00 bits per heavy atom. The third-order valence-corrected chi connectivity index (χ3v) is 4.56. The molecule has 1 aliphatic heterocycles. The summed E-state index contributed by atoms with van der Waals surface area (Å²) in [5.74, 6) is 0. The van der Waals surface area contributed by atoms with Gasteiger partial charge in [0.05, 0.1) is 10.8 Å². The van der Waals surface area contributed by atoms with Crippen molar-refractivity contribution in [2.75, 3.05) is 0 Å². The number of epoxide rings is 1. The quantitative estimate of drug-likeness (QED) is 0.791. The van der Waals surface area contributed by atoms with Gasteiger partial charge in [-0.1, -0.05) is 48.0 Å². The average Bonchev–Trinajstić information content (AvgIpc) is 3.20. The van der Waals surface area contributed by atoms with Gasteiger partial charge in [0.1, 0.15) is 6.10 Å². The molecule has 18 heavy (non-hydrogen) atoms. The summed E-state index contributed by atoms with van der Waals surface area (Å²) in [5, 5.41) is 0. The van der Waals surface area contributed by atoms with Crippen LogP contribution in [0.4, 0.5) is 0 Å². The molecule has 1 fully saturated rings. The van der Waals surface area contributed by atoms with Crippen LogP contribution in [0.2, 0.25) is 0 Å². The molecule has 0 bridgehead atoms. The number of aryl methyl sites for hydroxylation is 1. The molecule has 0 N–H and O–H groups in total. The van der Waals surface area contributed by atoms with Crippen LogP contribution in [0, 0.1) is 6.92 Å². The van der Waals surface area contributed by atoms with Gasteiger partial charge in [-0.3, -0.25) is 4.21 Å². The van der Waals surface area contributed by atoms with E-state index < -0.39 is 10.8 Å². The van der Waals surface area contributed by atoms with E-state index in [0.29, 0.717) is 0 Å². The van der Waals surface area contributed by atoms with Crippen LogP contribution >= 0.6 is 0 Å². The van der Waals surface area contributed by atoms with Gasteiger partial charge in [-0.15, -0.1) is 0 Å². The molecule has 2 aromatic carbocycles. The Balaban J connectivity index is 1.75. The summed E-state index contributed by atoms with van der Waals surface area (Å²) in [6, 6.07) is 17.7. The van der Waals surface area contributed by atoms with E-state index in [1.165, 1.54) is 5.56 Å². The second-order valence-electron chi connectivity index (χ2n) is 4.45. The Labute approximate surface area is 109 Å². The summed E-state index contributed by atoms with van der Waals surface area (Å²) in [5.41, 5.74) is 2.07. The molecule has 1 heterocycles. The molecule has 1 aliphatic rings. The van der Waals surface area contributed by atoms with Crippen LogP contribution in [-0.4, -0.2) is 9.64 Å². The van der Waals surface area contributed by atoms with Gasteiger partial charge in [-0.25, -0.2) is 0 Å². The first kappa shape index (κ1) is 11.6. The zero-order valence-corrected chi connectivity index (χ0v) is 10.9. The first-order chi connectivity index (χ1) is 8.75. The molecule has 0 saturated carbocycles. The van der Waals surface area contributed by atoms with E-state index in [0.717, 1.165) is 10.5 Å². The normalized spacial score (nSPS) is 23.6. The van der Waals surface area contributed by atoms with Crippen molar-refractivity contribution in [2.45, 2.75) is 23.4 Å². The summed E-state index contributed by atoms with van der Waals surface area (Å²) >= 11 is 0. The van der Waals surface area contributed by atoms with E-state index in [-0.39, 0.29) is 11.5 Å². The van der Waals surface area contributed by atoms with Gasteiger partial charge in [0.15, 0.2) is 5.44 Å². The molecular weight excluding hydrogens is 244 g/mol. The second-order valence-corrected chi connectivity index (χ2v) is 5.98. The van der Waals surface area contributed by atoms with Crippen molar-refractivity contribution in [3.63, 3.8) is 0 Å². The van der Waals surface area contributed by atoms with E-state index in [9.17, 15) is 4.21 Å². The van der Waals surface area contributed by atoms with Crippen molar-refractivity contribution in [3.8, 4) is 0 Å². The maximum Gasteiger partial charge on any atom is 0.168 e. The number of hydrogen-bond acceptors (Lipinski definition) is 2. The van der Waals surface area contributed by atoms with Crippen LogP contribution in [0.25, 0.3) is 0 Å². The van der Waals surface area contributed by atoms with Crippen LogP contribution in [-0.2, 0) is 15.5 Å². The van der Waals surface area contributed by atoms with E-state index in [2.05, 4.69) is 0 Å². The molecule has 92 valence electrons. The molecule has 2 nitrogen and oxygen atoms in total. The number of rotatable bonds is 3. The van der Waals surface area contributed by atoms with Crippen LogP contribution in [0.1, 0.15) is 17.2 Å². The summed E-state index contributed by atoms with van der Waals surface area (Å²) in [6.45, 7) is 2.02. The van der Waals surface area contributed by atoms with Gasteiger partial charge in [0.25, 0.3) is 0 Å². The monoisotopic (exact) mass is 258 g/mol. The molecule has 2 aromatic rings. The minimum atomic E-state index is -1.09. The fraction of sp³-hybridized carbons (Fsp3) is 0.200. The van der Waals surface area contributed by atoms with Gasteiger partial charge in [0.2, 0.25) is 0 Å². The molecule has 3 atom stereocenters. The molecular formula is C15H14O2S. The van der Waals surface area contributed by atoms with Crippen molar-refractivity contribution in [2.24, 2.45) is 0 Å². The Morgan fingerprint density at radius 2 is 1.67 bits per heavy atom. The molecule has 0 aliphatic carbocycles. The molecule has 3 rings (SSSR count). The minimum absolute atomic E-state index is 0.0201. The van der Waals surface area contributed by atoms with E-state index in [1.54, 1.807) is 0 Å². The van der Waals surface area contributed by atoms with Crippen LogP contribution in [0.3, 0.4) is 0 Å². The molecule has 0 unspecified atom stereocenters. The van der Waals surface area contributed by atoms with Gasteiger partial charge < -0.3 is 4.74 Å². The van der Waals surface area contributed by atoms with Gasteiger partial charge >= 0.3 is 0 Å². The fourth-order valence-electron chi connectivity index (χ4n) is 1.95. The van der Waals surface area contributed by atoms with E-state index >= 15 is 0 Å². The summed E-state index contributed by atoms with van der Waals surface area (Å²) in [4.78, 5) is 0.837. The highest BCUT2D eigenvalue weighted by Crippen LogP contribution is 2.42. The zero-order valence-electron chi connectivity index (χ0n) is 10.1. The number of benzene rings is 2. The fourth-order valence-corrected chi connectivity index (χ4v) is 3.22. The van der Waals surface area contributed by atoms with Crippen molar-refractivity contribution in [1.82, 2.24) is 0 Å². The summed E-state index contributed by atoms with van der Waals surface area (Å²) in [7, 11) is -1.09. The Bertz CT molecular complexity index is 563. The lowest BCUT2D eigenvalue weighted by molar-refractivity contribution is 0.403. The minimum Gasteiger partial charge on any atom is -0.350 e. The lowest BCUT2D eigenvalue weighted by Crippen LogP contribution is -2.00. The van der Waals surface area contributed by atoms with Gasteiger partial charge in [0, 0.05) is 4.90 Å². The first-order valence-corrected chi connectivity index (χ1v) is 7.14. The standard InChI is InChI=1S/C15H14O2S/c1-11-7-9-13(10-8-11)18(16)15-14(17-15)12-5-3-2-4-6-12/h2-10,14-15H,1H3/t14-,15+,18-/m1/s1. The lowest BCUT2D eigenvalue weighted by Gasteiger charge is -1.99. The molecule has 0 aromatic heterocycles.